The maximum Gasteiger partial charge on any atom is 0.159 e. The number of hydrogen-bond donors (Lipinski definition) is 2. The summed E-state index contributed by atoms with van der Waals surface area (Å²) in [6.45, 7) is 5.17. The van der Waals surface area contributed by atoms with Gasteiger partial charge in [0.15, 0.2) is 5.78 Å². The van der Waals surface area contributed by atoms with Crippen LogP contribution in [0.25, 0.3) is 0 Å². The Morgan fingerprint density at radius 1 is 1.53 bits per heavy atom. The number of hydrogen-bond acceptors (Lipinski definition) is 3. The summed E-state index contributed by atoms with van der Waals surface area (Å²) in [5, 5.41) is 13.9. The van der Waals surface area contributed by atoms with E-state index in [9.17, 15) is 9.90 Å². The normalized spacial score (nSPS) is 23.4. The smallest absolute Gasteiger partial charge is 0.159 e. The largest absolute Gasteiger partial charge is 0.385 e. The monoisotopic (exact) mass is 233 g/mol. The van der Waals surface area contributed by atoms with E-state index in [0.29, 0.717) is 5.56 Å². The molecular weight excluding hydrogens is 214 g/mol. The fourth-order valence-corrected chi connectivity index (χ4v) is 2.42. The van der Waals surface area contributed by atoms with Crippen LogP contribution in [0.15, 0.2) is 24.3 Å². The number of rotatable bonds is 3. The van der Waals surface area contributed by atoms with Crippen molar-refractivity contribution in [3.05, 3.63) is 35.4 Å². The van der Waals surface area contributed by atoms with Crippen LogP contribution in [0.5, 0.6) is 0 Å². The Balaban J connectivity index is 2.31. The molecule has 3 nitrogen and oxygen atoms in total. The molecule has 2 rings (SSSR count). The molecule has 0 spiro atoms. The Morgan fingerprint density at radius 3 is 2.88 bits per heavy atom. The second kappa shape index (κ2) is 4.59. The minimum Gasteiger partial charge on any atom is -0.385 e. The third kappa shape index (κ3) is 2.40. The van der Waals surface area contributed by atoms with Crippen LogP contribution in [0.4, 0.5) is 0 Å². The molecule has 0 saturated carbocycles. The number of aliphatic hydroxyl groups is 1. The van der Waals surface area contributed by atoms with Gasteiger partial charge in [-0.05, 0) is 38.4 Å². The van der Waals surface area contributed by atoms with Gasteiger partial charge in [0, 0.05) is 18.0 Å². The Morgan fingerprint density at radius 2 is 2.29 bits per heavy atom. The van der Waals surface area contributed by atoms with Crippen molar-refractivity contribution in [2.45, 2.75) is 25.9 Å². The van der Waals surface area contributed by atoms with E-state index in [0.717, 1.165) is 25.1 Å². The Kier molecular flexibility index (Phi) is 3.31. The first kappa shape index (κ1) is 12.3. The van der Waals surface area contributed by atoms with E-state index in [-0.39, 0.29) is 11.7 Å². The van der Waals surface area contributed by atoms with E-state index in [4.69, 9.17) is 0 Å². The SMILES string of the molecule is CC(=O)c1cccc(C(C)(O)C2CCNC2)c1. The van der Waals surface area contributed by atoms with Gasteiger partial charge in [0.05, 0.1) is 5.60 Å². The topological polar surface area (TPSA) is 49.3 Å². The predicted molar refractivity (Wildman–Crippen MR) is 67.0 cm³/mol. The van der Waals surface area contributed by atoms with Crippen molar-refractivity contribution < 1.29 is 9.90 Å². The van der Waals surface area contributed by atoms with Crippen LogP contribution in [-0.2, 0) is 5.60 Å². The summed E-state index contributed by atoms with van der Waals surface area (Å²) in [6, 6.07) is 7.32. The molecule has 0 bridgehead atoms. The number of ketones is 1. The highest BCUT2D eigenvalue weighted by atomic mass is 16.3. The molecule has 1 aromatic rings. The van der Waals surface area contributed by atoms with Crippen LogP contribution >= 0.6 is 0 Å². The van der Waals surface area contributed by atoms with Crippen LogP contribution in [0.2, 0.25) is 0 Å². The lowest BCUT2D eigenvalue weighted by molar-refractivity contribution is 0.00214. The lowest BCUT2D eigenvalue weighted by Crippen LogP contribution is -2.33. The quantitative estimate of drug-likeness (QED) is 0.781. The Hall–Kier alpha value is -1.19. The standard InChI is InChI=1S/C14H19NO2/c1-10(16)11-4-3-5-12(8-11)14(2,17)13-6-7-15-9-13/h3-5,8,13,15,17H,6-7,9H2,1-2H3. The fourth-order valence-electron chi connectivity index (χ4n) is 2.42. The van der Waals surface area contributed by atoms with Gasteiger partial charge >= 0.3 is 0 Å². The minimum atomic E-state index is -0.866. The van der Waals surface area contributed by atoms with Crippen molar-refractivity contribution in [2.24, 2.45) is 5.92 Å². The van der Waals surface area contributed by atoms with Crippen molar-refractivity contribution in [2.75, 3.05) is 13.1 Å². The first-order valence-electron chi connectivity index (χ1n) is 6.06. The fraction of sp³-hybridized carbons (Fsp3) is 0.500. The average Bonchev–Trinajstić information content (AvgIpc) is 2.83. The van der Waals surface area contributed by atoms with E-state index in [1.807, 2.05) is 19.1 Å². The number of carbonyl (C=O) groups is 1. The van der Waals surface area contributed by atoms with Crippen molar-refractivity contribution >= 4 is 5.78 Å². The molecule has 0 radical (unpaired) electrons. The molecule has 2 N–H and O–H groups in total. The number of benzene rings is 1. The molecule has 92 valence electrons. The molecule has 1 aliphatic heterocycles. The molecule has 1 fully saturated rings. The van der Waals surface area contributed by atoms with Gasteiger partial charge in [-0.25, -0.2) is 0 Å². The van der Waals surface area contributed by atoms with Crippen LogP contribution in [0.1, 0.15) is 36.2 Å². The minimum absolute atomic E-state index is 0.0344. The highest BCUT2D eigenvalue weighted by Crippen LogP contribution is 2.33. The molecule has 17 heavy (non-hydrogen) atoms. The molecule has 1 aromatic carbocycles. The Bertz CT molecular complexity index is 420. The van der Waals surface area contributed by atoms with Gasteiger partial charge in [0.2, 0.25) is 0 Å². The highest BCUT2D eigenvalue weighted by molar-refractivity contribution is 5.94. The molecular formula is C14H19NO2. The summed E-state index contributed by atoms with van der Waals surface area (Å²) < 4.78 is 0. The van der Waals surface area contributed by atoms with E-state index in [1.165, 1.54) is 0 Å². The molecule has 2 atom stereocenters. The predicted octanol–water partition coefficient (Wildman–Crippen LogP) is 1.71. The van der Waals surface area contributed by atoms with E-state index < -0.39 is 5.60 Å². The molecule has 0 amide bonds. The van der Waals surface area contributed by atoms with Crippen LogP contribution in [0, 0.1) is 5.92 Å². The second-order valence-electron chi connectivity index (χ2n) is 4.97. The molecule has 3 heteroatoms. The first-order chi connectivity index (χ1) is 8.01. The van der Waals surface area contributed by atoms with Crippen molar-refractivity contribution in [1.82, 2.24) is 5.32 Å². The van der Waals surface area contributed by atoms with Gasteiger partial charge in [-0.2, -0.15) is 0 Å². The maximum atomic E-state index is 11.4. The Labute approximate surface area is 102 Å². The van der Waals surface area contributed by atoms with Gasteiger partial charge in [-0.1, -0.05) is 18.2 Å². The van der Waals surface area contributed by atoms with E-state index >= 15 is 0 Å². The summed E-state index contributed by atoms with van der Waals surface area (Å²) >= 11 is 0. The zero-order chi connectivity index (χ0) is 12.5. The van der Waals surface area contributed by atoms with Gasteiger partial charge in [0.1, 0.15) is 0 Å². The van der Waals surface area contributed by atoms with Crippen molar-refractivity contribution in [1.29, 1.82) is 0 Å². The van der Waals surface area contributed by atoms with Crippen LogP contribution in [-0.4, -0.2) is 24.0 Å². The second-order valence-corrected chi connectivity index (χ2v) is 4.97. The summed E-state index contributed by atoms with van der Waals surface area (Å²) in [5.41, 5.74) is 0.627. The van der Waals surface area contributed by atoms with Gasteiger partial charge in [-0.15, -0.1) is 0 Å². The third-order valence-corrected chi connectivity index (χ3v) is 3.71. The van der Waals surface area contributed by atoms with E-state index in [1.54, 1.807) is 19.1 Å². The molecule has 1 saturated heterocycles. The van der Waals surface area contributed by atoms with Crippen LogP contribution in [0.3, 0.4) is 0 Å². The number of Topliss-reactive ketones (excluding diaryl/α,β-unsaturated/α-hetero) is 1. The molecule has 0 aliphatic carbocycles. The molecule has 0 aromatic heterocycles. The zero-order valence-electron chi connectivity index (χ0n) is 10.4. The number of carbonyl (C=O) groups excluding carboxylic acids is 1. The van der Waals surface area contributed by atoms with E-state index in [2.05, 4.69) is 5.32 Å². The van der Waals surface area contributed by atoms with Crippen LogP contribution < -0.4 is 5.32 Å². The third-order valence-electron chi connectivity index (χ3n) is 3.71. The van der Waals surface area contributed by atoms with Gasteiger partial charge in [0.25, 0.3) is 0 Å². The maximum absolute atomic E-state index is 11.4. The molecule has 1 heterocycles. The molecule has 1 aliphatic rings. The highest BCUT2D eigenvalue weighted by Gasteiger charge is 2.35. The lowest BCUT2D eigenvalue weighted by atomic mass is 9.81. The first-order valence-corrected chi connectivity index (χ1v) is 6.06. The summed E-state index contributed by atoms with van der Waals surface area (Å²) in [5.74, 6) is 0.247. The van der Waals surface area contributed by atoms with Gasteiger partial charge in [-0.3, -0.25) is 4.79 Å². The van der Waals surface area contributed by atoms with Crippen molar-refractivity contribution in [3.63, 3.8) is 0 Å². The molecule has 2 unspecified atom stereocenters. The average molecular weight is 233 g/mol. The van der Waals surface area contributed by atoms with Crippen molar-refractivity contribution in [3.8, 4) is 0 Å². The lowest BCUT2D eigenvalue weighted by Gasteiger charge is -2.30. The number of nitrogens with one attached hydrogen (secondary N) is 1. The van der Waals surface area contributed by atoms with Gasteiger partial charge < -0.3 is 10.4 Å². The summed E-state index contributed by atoms with van der Waals surface area (Å²) in [7, 11) is 0. The zero-order valence-corrected chi connectivity index (χ0v) is 10.4. The summed E-state index contributed by atoms with van der Waals surface area (Å²) in [6.07, 6.45) is 0.970. The summed E-state index contributed by atoms with van der Waals surface area (Å²) in [4.78, 5) is 11.4.